The van der Waals surface area contributed by atoms with Crippen molar-refractivity contribution in [2.24, 2.45) is 11.3 Å². The summed E-state index contributed by atoms with van der Waals surface area (Å²) < 4.78 is 6.48. The summed E-state index contributed by atoms with van der Waals surface area (Å²) in [5.41, 5.74) is 1.54. The fourth-order valence-corrected chi connectivity index (χ4v) is 4.56. The molecule has 0 radical (unpaired) electrons. The minimum Gasteiger partial charge on any atom is -0.497 e. The quantitative estimate of drug-likeness (QED) is 0.469. The van der Waals surface area contributed by atoms with Gasteiger partial charge in [-0.1, -0.05) is 61.6 Å². The fourth-order valence-electron chi connectivity index (χ4n) is 2.40. The molecule has 0 atom stereocenters. The second-order valence-electron chi connectivity index (χ2n) is 5.50. The van der Waals surface area contributed by atoms with Gasteiger partial charge in [0.1, 0.15) is 5.75 Å². The third-order valence-electron chi connectivity index (χ3n) is 3.23. The maximum atomic E-state index is 5.33. The van der Waals surface area contributed by atoms with Gasteiger partial charge in [0.05, 0.1) is 7.11 Å². The van der Waals surface area contributed by atoms with Crippen molar-refractivity contribution in [3.63, 3.8) is 0 Å². The van der Waals surface area contributed by atoms with E-state index in [1.807, 2.05) is 6.07 Å². The summed E-state index contributed by atoms with van der Waals surface area (Å²) in [6.45, 7) is 4.56. The van der Waals surface area contributed by atoms with Gasteiger partial charge in [-0.3, -0.25) is 0 Å². The van der Waals surface area contributed by atoms with Crippen molar-refractivity contribution in [1.82, 2.24) is 0 Å². The molecule has 0 spiro atoms. The zero-order chi connectivity index (χ0) is 14.5. The number of ether oxygens (including phenoxy) is 1. The van der Waals surface area contributed by atoms with Crippen LogP contribution in [0, 0.1) is 11.3 Å². The lowest BCUT2D eigenvalue weighted by atomic mass is 9.79. The normalized spacial score (nSPS) is 11.9. The van der Waals surface area contributed by atoms with Gasteiger partial charge in [-0.25, -0.2) is 0 Å². The SMILES string of the molecule is COc1ccc(Br)c(CC(CBr)(CBr)CC(C)C)c1. The molecule has 0 heterocycles. The van der Waals surface area contributed by atoms with Crippen molar-refractivity contribution in [3.05, 3.63) is 28.2 Å². The van der Waals surface area contributed by atoms with Crippen LogP contribution >= 0.6 is 47.8 Å². The van der Waals surface area contributed by atoms with Gasteiger partial charge >= 0.3 is 0 Å². The summed E-state index contributed by atoms with van der Waals surface area (Å²) in [6, 6.07) is 6.18. The molecular formula is C15H21Br3O. The van der Waals surface area contributed by atoms with Crippen LogP contribution in [0.1, 0.15) is 25.8 Å². The average Bonchev–Trinajstić information content (AvgIpc) is 2.39. The van der Waals surface area contributed by atoms with Crippen LogP contribution in [-0.4, -0.2) is 17.8 Å². The van der Waals surface area contributed by atoms with Gasteiger partial charge in [0.25, 0.3) is 0 Å². The van der Waals surface area contributed by atoms with Gasteiger partial charge in [0.15, 0.2) is 0 Å². The standard InChI is InChI=1S/C15H21Br3O/c1-11(2)7-15(9-16,10-17)8-12-6-13(19-3)4-5-14(12)18/h4-6,11H,7-10H2,1-3H3. The minimum atomic E-state index is 0.239. The van der Waals surface area contributed by atoms with E-state index in [1.54, 1.807) is 7.11 Å². The molecule has 1 aromatic carbocycles. The molecule has 0 aromatic heterocycles. The Morgan fingerprint density at radius 1 is 1.21 bits per heavy atom. The first-order chi connectivity index (χ1) is 8.96. The molecule has 0 aliphatic carbocycles. The van der Waals surface area contributed by atoms with Crippen LogP contribution in [0.5, 0.6) is 5.75 Å². The van der Waals surface area contributed by atoms with Gasteiger partial charge in [-0.05, 0) is 47.9 Å². The smallest absolute Gasteiger partial charge is 0.119 e. The Labute approximate surface area is 141 Å². The number of methoxy groups -OCH3 is 1. The number of hydrogen-bond donors (Lipinski definition) is 0. The van der Waals surface area contributed by atoms with E-state index in [0.717, 1.165) is 27.3 Å². The predicted molar refractivity (Wildman–Crippen MR) is 93.9 cm³/mol. The van der Waals surface area contributed by atoms with Crippen molar-refractivity contribution in [2.75, 3.05) is 17.8 Å². The maximum Gasteiger partial charge on any atom is 0.119 e. The van der Waals surface area contributed by atoms with Gasteiger partial charge in [-0.15, -0.1) is 0 Å². The second kappa shape index (κ2) is 8.04. The summed E-state index contributed by atoms with van der Waals surface area (Å²) in [5.74, 6) is 1.60. The molecule has 0 aliphatic heterocycles. The maximum absolute atomic E-state index is 5.33. The molecule has 4 heteroatoms. The van der Waals surface area contributed by atoms with E-state index in [1.165, 1.54) is 12.0 Å². The van der Waals surface area contributed by atoms with E-state index in [-0.39, 0.29) is 5.41 Å². The lowest BCUT2D eigenvalue weighted by molar-refractivity contribution is 0.303. The molecular weight excluding hydrogens is 436 g/mol. The summed E-state index contributed by atoms with van der Waals surface area (Å²) in [4.78, 5) is 0. The van der Waals surface area contributed by atoms with Crippen LogP contribution in [0.2, 0.25) is 0 Å². The molecule has 0 amide bonds. The fraction of sp³-hybridized carbons (Fsp3) is 0.600. The monoisotopic (exact) mass is 454 g/mol. The molecule has 0 unspecified atom stereocenters. The van der Waals surface area contributed by atoms with Crippen LogP contribution in [0.25, 0.3) is 0 Å². The molecule has 108 valence electrons. The first-order valence-electron chi connectivity index (χ1n) is 6.40. The van der Waals surface area contributed by atoms with E-state index in [0.29, 0.717) is 5.92 Å². The number of rotatable bonds is 7. The molecule has 0 saturated heterocycles. The number of benzene rings is 1. The molecule has 0 bridgehead atoms. The molecule has 1 rings (SSSR count). The van der Waals surface area contributed by atoms with Crippen LogP contribution in [0.4, 0.5) is 0 Å². The Morgan fingerprint density at radius 3 is 2.32 bits per heavy atom. The lowest BCUT2D eigenvalue weighted by Gasteiger charge is -2.32. The van der Waals surface area contributed by atoms with Gasteiger partial charge in [0, 0.05) is 15.1 Å². The van der Waals surface area contributed by atoms with Gasteiger partial charge in [0.2, 0.25) is 0 Å². The highest BCUT2D eigenvalue weighted by Crippen LogP contribution is 2.37. The Bertz CT molecular complexity index is 400. The van der Waals surface area contributed by atoms with Gasteiger partial charge in [-0.2, -0.15) is 0 Å². The van der Waals surface area contributed by atoms with Crippen molar-refractivity contribution >= 4 is 47.8 Å². The largest absolute Gasteiger partial charge is 0.497 e. The van der Waals surface area contributed by atoms with E-state index in [9.17, 15) is 0 Å². The first kappa shape index (κ1) is 17.5. The topological polar surface area (TPSA) is 9.23 Å². The summed E-state index contributed by atoms with van der Waals surface area (Å²) >= 11 is 11.1. The minimum absolute atomic E-state index is 0.239. The van der Waals surface area contributed by atoms with E-state index >= 15 is 0 Å². The number of halogens is 3. The highest BCUT2D eigenvalue weighted by Gasteiger charge is 2.30. The summed E-state index contributed by atoms with van der Waals surface area (Å²) in [7, 11) is 1.71. The predicted octanol–water partition coefficient (Wildman–Crippen LogP) is 5.82. The Morgan fingerprint density at radius 2 is 1.84 bits per heavy atom. The number of alkyl halides is 2. The highest BCUT2D eigenvalue weighted by atomic mass is 79.9. The first-order valence-corrected chi connectivity index (χ1v) is 9.44. The Hall–Kier alpha value is 0.460. The van der Waals surface area contributed by atoms with Crippen molar-refractivity contribution < 1.29 is 4.74 Å². The van der Waals surface area contributed by atoms with E-state index in [2.05, 4.69) is 73.8 Å². The highest BCUT2D eigenvalue weighted by molar-refractivity contribution is 9.10. The van der Waals surface area contributed by atoms with Crippen LogP contribution in [-0.2, 0) is 6.42 Å². The third kappa shape index (κ3) is 5.05. The molecule has 0 aliphatic rings. The Balaban J connectivity index is 3.01. The van der Waals surface area contributed by atoms with Crippen LogP contribution < -0.4 is 4.74 Å². The molecule has 0 fully saturated rings. The van der Waals surface area contributed by atoms with Crippen molar-refractivity contribution in [3.8, 4) is 5.75 Å². The zero-order valence-corrected chi connectivity index (χ0v) is 16.4. The summed E-state index contributed by atoms with van der Waals surface area (Å²) in [5, 5.41) is 1.99. The average molecular weight is 457 g/mol. The Kier molecular flexibility index (Phi) is 7.41. The molecule has 0 saturated carbocycles. The zero-order valence-electron chi connectivity index (χ0n) is 11.7. The van der Waals surface area contributed by atoms with Crippen LogP contribution in [0.15, 0.2) is 22.7 Å². The number of hydrogen-bond acceptors (Lipinski definition) is 1. The lowest BCUT2D eigenvalue weighted by Crippen LogP contribution is -2.29. The van der Waals surface area contributed by atoms with Crippen LogP contribution in [0.3, 0.4) is 0 Å². The molecule has 1 nitrogen and oxygen atoms in total. The van der Waals surface area contributed by atoms with Crippen molar-refractivity contribution in [1.29, 1.82) is 0 Å². The van der Waals surface area contributed by atoms with Gasteiger partial charge < -0.3 is 4.74 Å². The summed E-state index contributed by atoms with van der Waals surface area (Å²) in [6.07, 6.45) is 2.21. The van der Waals surface area contributed by atoms with Crippen molar-refractivity contribution in [2.45, 2.75) is 26.7 Å². The third-order valence-corrected chi connectivity index (χ3v) is 6.38. The second-order valence-corrected chi connectivity index (χ2v) is 7.48. The molecule has 19 heavy (non-hydrogen) atoms. The van der Waals surface area contributed by atoms with E-state index < -0.39 is 0 Å². The van der Waals surface area contributed by atoms with E-state index in [4.69, 9.17) is 4.74 Å². The molecule has 0 N–H and O–H groups in total. The molecule has 1 aromatic rings.